The van der Waals surface area contributed by atoms with Gasteiger partial charge in [0.25, 0.3) is 5.91 Å². The predicted molar refractivity (Wildman–Crippen MR) is 111 cm³/mol. The Hall–Kier alpha value is -1.89. The van der Waals surface area contributed by atoms with E-state index in [1.165, 1.54) is 12.1 Å². The Morgan fingerprint density at radius 2 is 1.56 bits per heavy atom. The van der Waals surface area contributed by atoms with Crippen molar-refractivity contribution < 1.29 is 13.2 Å². The van der Waals surface area contributed by atoms with Crippen LogP contribution < -0.4 is 11.1 Å². The summed E-state index contributed by atoms with van der Waals surface area (Å²) in [5, 5.41) is 2.98. The largest absolute Gasteiger partial charge is 0.345 e. The molecule has 0 unspecified atom stereocenters. The Bertz CT molecular complexity index is 825. The van der Waals surface area contributed by atoms with Gasteiger partial charge in [0.15, 0.2) is 9.84 Å². The molecule has 0 fully saturated rings. The first-order valence-corrected chi connectivity index (χ1v) is 10.4. The van der Waals surface area contributed by atoms with Crippen LogP contribution in [0.2, 0.25) is 0 Å². The van der Waals surface area contributed by atoms with Crippen molar-refractivity contribution in [3.05, 3.63) is 65.7 Å². The summed E-state index contributed by atoms with van der Waals surface area (Å²) in [6, 6.07) is 15.1. The van der Waals surface area contributed by atoms with Crippen LogP contribution in [0, 0.1) is 0 Å². The average Bonchev–Trinajstić information content (AvgIpc) is 2.66. The number of hydrogen-bond acceptors (Lipinski definition) is 4. The lowest BCUT2D eigenvalue weighted by molar-refractivity contribution is 0.0895. The average molecular weight is 411 g/mol. The van der Waals surface area contributed by atoms with Gasteiger partial charge in [0.2, 0.25) is 0 Å². The molecule has 5 nitrogen and oxygen atoms in total. The van der Waals surface area contributed by atoms with Crippen LogP contribution in [0.5, 0.6) is 0 Å². The highest BCUT2D eigenvalue weighted by Gasteiger charge is 2.27. The number of carbonyl (C=O) groups is 1. The smallest absolute Gasteiger partial charge is 0.251 e. The number of benzene rings is 2. The molecule has 0 spiro atoms. The van der Waals surface area contributed by atoms with Crippen LogP contribution >= 0.6 is 12.4 Å². The van der Waals surface area contributed by atoms with Crippen LogP contribution in [0.15, 0.2) is 59.5 Å². The molecule has 2 aromatic rings. The van der Waals surface area contributed by atoms with Gasteiger partial charge in [-0.1, -0.05) is 44.2 Å². The van der Waals surface area contributed by atoms with Gasteiger partial charge < -0.3 is 11.1 Å². The van der Waals surface area contributed by atoms with Crippen molar-refractivity contribution >= 4 is 28.2 Å². The predicted octanol–water partition coefficient (Wildman–Crippen LogP) is 3.33. The first-order chi connectivity index (χ1) is 12.4. The third-order valence-corrected chi connectivity index (χ3v) is 6.50. The topological polar surface area (TPSA) is 89.3 Å². The third kappa shape index (κ3) is 5.79. The molecular formula is C20H27ClN2O3S. The molecule has 0 bridgehead atoms. The van der Waals surface area contributed by atoms with Gasteiger partial charge in [0.1, 0.15) is 0 Å². The number of sulfone groups is 1. The highest BCUT2D eigenvalue weighted by atomic mass is 35.5. The standard InChI is InChI=1S/C20H26N2O3S.ClH/c1-3-20(4-2,15-21)22-19(23)17-10-12-18(13-11-17)26(24,25)14-16-8-6-5-7-9-16;/h5-13H,3-4,14-15,21H2,1-2H3,(H,22,23);1H. The molecule has 7 heteroatoms. The van der Waals surface area contributed by atoms with Crippen molar-refractivity contribution in [2.75, 3.05) is 6.54 Å². The molecule has 0 saturated carbocycles. The van der Waals surface area contributed by atoms with Gasteiger partial charge in [-0.05, 0) is 42.7 Å². The maximum absolute atomic E-state index is 12.5. The second kappa shape index (κ2) is 9.88. The van der Waals surface area contributed by atoms with Crippen molar-refractivity contribution in [3.63, 3.8) is 0 Å². The molecular weight excluding hydrogens is 384 g/mol. The zero-order valence-electron chi connectivity index (χ0n) is 15.6. The summed E-state index contributed by atoms with van der Waals surface area (Å²) < 4.78 is 25.1. The van der Waals surface area contributed by atoms with E-state index in [-0.39, 0.29) is 29.0 Å². The summed E-state index contributed by atoms with van der Waals surface area (Å²) in [6.45, 7) is 4.32. The highest BCUT2D eigenvalue weighted by Crippen LogP contribution is 2.19. The fourth-order valence-corrected chi connectivity index (χ4v) is 4.12. The second-order valence-corrected chi connectivity index (χ2v) is 8.40. The van der Waals surface area contributed by atoms with Crippen LogP contribution in [0.4, 0.5) is 0 Å². The van der Waals surface area contributed by atoms with Crippen LogP contribution in [0.1, 0.15) is 42.6 Å². The lowest BCUT2D eigenvalue weighted by atomic mass is 9.92. The van der Waals surface area contributed by atoms with E-state index in [0.29, 0.717) is 12.1 Å². The maximum Gasteiger partial charge on any atom is 0.251 e. The summed E-state index contributed by atoms with van der Waals surface area (Å²) >= 11 is 0. The van der Waals surface area contributed by atoms with Crippen LogP contribution in [0.25, 0.3) is 0 Å². The maximum atomic E-state index is 12.5. The van der Waals surface area contributed by atoms with Gasteiger partial charge >= 0.3 is 0 Å². The monoisotopic (exact) mass is 410 g/mol. The van der Waals surface area contributed by atoms with E-state index < -0.39 is 15.4 Å². The summed E-state index contributed by atoms with van der Waals surface area (Å²) in [5.41, 5.74) is 6.53. The van der Waals surface area contributed by atoms with Gasteiger partial charge in [-0.3, -0.25) is 4.79 Å². The molecule has 3 N–H and O–H groups in total. The number of hydrogen-bond donors (Lipinski definition) is 2. The quantitative estimate of drug-likeness (QED) is 0.698. The molecule has 0 aliphatic carbocycles. The van der Waals surface area contributed by atoms with Crippen molar-refractivity contribution in [3.8, 4) is 0 Å². The SMILES string of the molecule is CCC(CC)(CN)NC(=O)c1ccc(S(=O)(=O)Cc2ccccc2)cc1.Cl. The van der Waals surface area contributed by atoms with Crippen LogP contribution in [0.3, 0.4) is 0 Å². The third-order valence-electron chi connectivity index (χ3n) is 4.80. The van der Waals surface area contributed by atoms with Gasteiger partial charge in [0, 0.05) is 12.1 Å². The fraction of sp³-hybridized carbons (Fsp3) is 0.350. The summed E-state index contributed by atoms with van der Waals surface area (Å²) in [6.07, 6.45) is 1.46. The molecule has 2 rings (SSSR count). The van der Waals surface area contributed by atoms with E-state index in [0.717, 1.165) is 18.4 Å². The van der Waals surface area contributed by atoms with E-state index in [1.807, 2.05) is 32.0 Å². The fourth-order valence-electron chi connectivity index (χ4n) is 2.77. The van der Waals surface area contributed by atoms with E-state index in [4.69, 9.17) is 5.73 Å². The van der Waals surface area contributed by atoms with Gasteiger partial charge in [-0.15, -0.1) is 12.4 Å². The van der Waals surface area contributed by atoms with Crippen molar-refractivity contribution in [1.29, 1.82) is 0 Å². The Labute approximate surface area is 167 Å². The number of nitrogens with two attached hydrogens (primary N) is 1. The van der Waals surface area contributed by atoms with Crippen LogP contribution in [-0.2, 0) is 15.6 Å². The molecule has 148 valence electrons. The van der Waals surface area contributed by atoms with E-state index >= 15 is 0 Å². The minimum Gasteiger partial charge on any atom is -0.345 e. The normalized spacial score (nSPS) is 11.5. The Morgan fingerprint density at radius 3 is 2.04 bits per heavy atom. The van der Waals surface area contributed by atoms with Crippen molar-refractivity contribution in [2.45, 2.75) is 42.9 Å². The zero-order valence-corrected chi connectivity index (χ0v) is 17.3. The molecule has 0 aliphatic rings. The first-order valence-electron chi connectivity index (χ1n) is 8.75. The summed E-state index contributed by atoms with van der Waals surface area (Å²) in [4.78, 5) is 12.7. The highest BCUT2D eigenvalue weighted by molar-refractivity contribution is 7.90. The van der Waals surface area contributed by atoms with E-state index in [9.17, 15) is 13.2 Å². The molecule has 0 heterocycles. The molecule has 0 saturated heterocycles. The summed E-state index contributed by atoms with van der Waals surface area (Å²) in [5.74, 6) is -0.312. The Balaban J connectivity index is 0.00000364. The van der Waals surface area contributed by atoms with Crippen molar-refractivity contribution in [1.82, 2.24) is 5.32 Å². The number of carbonyl (C=O) groups excluding carboxylic acids is 1. The molecule has 0 aliphatic heterocycles. The number of amides is 1. The summed E-state index contributed by atoms with van der Waals surface area (Å²) in [7, 11) is -3.46. The Morgan fingerprint density at radius 1 is 1.00 bits per heavy atom. The molecule has 0 atom stereocenters. The lowest BCUT2D eigenvalue weighted by Crippen LogP contribution is -2.52. The number of halogens is 1. The molecule has 0 radical (unpaired) electrons. The molecule has 1 amide bonds. The number of rotatable bonds is 8. The van der Waals surface area contributed by atoms with E-state index in [2.05, 4.69) is 5.32 Å². The Kier molecular flexibility index (Phi) is 8.47. The number of nitrogens with one attached hydrogen (secondary N) is 1. The molecule has 2 aromatic carbocycles. The van der Waals surface area contributed by atoms with Crippen LogP contribution in [-0.4, -0.2) is 26.4 Å². The van der Waals surface area contributed by atoms with Gasteiger partial charge in [0.05, 0.1) is 16.2 Å². The molecule has 0 aromatic heterocycles. The first kappa shape index (κ1) is 23.1. The van der Waals surface area contributed by atoms with E-state index in [1.54, 1.807) is 24.3 Å². The van der Waals surface area contributed by atoms with Gasteiger partial charge in [-0.2, -0.15) is 0 Å². The minimum absolute atomic E-state index is 0. The van der Waals surface area contributed by atoms with Gasteiger partial charge in [-0.25, -0.2) is 8.42 Å². The minimum atomic E-state index is -3.46. The molecule has 27 heavy (non-hydrogen) atoms. The zero-order chi connectivity index (χ0) is 19.2. The lowest BCUT2D eigenvalue weighted by Gasteiger charge is -2.31. The second-order valence-electron chi connectivity index (χ2n) is 6.41. The van der Waals surface area contributed by atoms with Crippen molar-refractivity contribution in [2.24, 2.45) is 5.73 Å².